The van der Waals surface area contributed by atoms with Crippen molar-refractivity contribution in [2.75, 3.05) is 39.9 Å². The van der Waals surface area contributed by atoms with Crippen molar-refractivity contribution in [1.82, 2.24) is 19.6 Å². The molecule has 2 heterocycles. The third-order valence-corrected chi connectivity index (χ3v) is 5.55. The average Bonchev–Trinajstić information content (AvgIpc) is 3.32. The molecule has 1 aromatic heterocycles. The van der Waals surface area contributed by atoms with Gasteiger partial charge in [-0.3, -0.25) is 14.3 Å². The standard InChI is InChI=1S/C23H32N4O4/c1-3-25(16-17-27-13-4-12-24-27)23(29)19-5-7-20(8-6-19)31-21-9-14-26(15-10-21)22(28)11-18-30-2/h4-8,12-13,21H,3,9-11,14-18H2,1-2H3. The van der Waals surface area contributed by atoms with Gasteiger partial charge in [-0.25, -0.2) is 0 Å². The van der Waals surface area contributed by atoms with Crippen molar-refractivity contribution < 1.29 is 19.1 Å². The van der Waals surface area contributed by atoms with Crippen molar-refractivity contribution in [3.8, 4) is 5.75 Å². The highest BCUT2D eigenvalue weighted by Gasteiger charge is 2.24. The van der Waals surface area contributed by atoms with E-state index < -0.39 is 0 Å². The van der Waals surface area contributed by atoms with E-state index in [1.165, 1.54) is 0 Å². The van der Waals surface area contributed by atoms with Crippen LogP contribution in [0.2, 0.25) is 0 Å². The molecule has 0 atom stereocenters. The maximum atomic E-state index is 12.8. The van der Waals surface area contributed by atoms with Crippen LogP contribution in [0.15, 0.2) is 42.7 Å². The molecule has 0 radical (unpaired) electrons. The van der Waals surface area contributed by atoms with Crippen LogP contribution >= 0.6 is 0 Å². The van der Waals surface area contributed by atoms with Gasteiger partial charge >= 0.3 is 0 Å². The molecule has 2 amide bonds. The summed E-state index contributed by atoms with van der Waals surface area (Å²) < 4.78 is 12.9. The Labute approximate surface area is 183 Å². The Balaban J connectivity index is 1.47. The van der Waals surface area contributed by atoms with Gasteiger partial charge < -0.3 is 19.3 Å². The fourth-order valence-electron chi connectivity index (χ4n) is 3.68. The summed E-state index contributed by atoms with van der Waals surface area (Å²) >= 11 is 0. The van der Waals surface area contributed by atoms with Crippen LogP contribution < -0.4 is 4.74 Å². The third kappa shape index (κ3) is 6.55. The first-order valence-corrected chi connectivity index (χ1v) is 10.9. The second-order valence-electron chi connectivity index (χ2n) is 7.62. The van der Waals surface area contributed by atoms with E-state index in [0.717, 1.165) is 18.6 Å². The van der Waals surface area contributed by atoms with Gasteiger partial charge in [-0.15, -0.1) is 0 Å². The number of methoxy groups -OCH3 is 1. The first-order chi connectivity index (χ1) is 15.1. The van der Waals surface area contributed by atoms with Gasteiger partial charge in [0.15, 0.2) is 0 Å². The van der Waals surface area contributed by atoms with Gasteiger partial charge in [-0.2, -0.15) is 5.10 Å². The minimum absolute atomic E-state index is 0.00378. The van der Waals surface area contributed by atoms with E-state index in [-0.39, 0.29) is 17.9 Å². The molecule has 1 aromatic carbocycles. The van der Waals surface area contributed by atoms with E-state index in [4.69, 9.17) is 9.47 Å². The van der Waals surface area contributed by atoms with Gasteiger partial charge in [0.05, 0.1) is 19.6 Å². The Morgan fingerprint density at radius 1 is 1.19 bits per heavy atom. The molecule has 3 rings (SSSR count). The highest BCUT2D eigenvalue weighted by molar-refractivity contribution is 5.94. The Morgan fingerprint density at radius 3 is 2.55 bits per heavy atom. The van der Waals surface area contributed by atoms with E-state index in [9.17, 15) is 9.59 Å². The number of carbonyl (C=O) groups excluding carboxylic acids is 2. The average molecular weight is 429 g/mol. The van der Waals surface area contributed by atoms with Crippen molar-refractivity contribution in [1.29, 1.82) is 0 Å². The topological polar surface area (TPSA) is 76.9 Å². The number of hydrogen-bond acceptors (Lipinski definition) is 5. The first-order valence-electron chi connectivity index (χ1n) is 10.9. The van der Waals surface area contributed by atoms with Crippen molar-refractivity contribution in [3.05, 3.63) is 48.3 Å². The number of nitrogens with zero attached hydrogens (tertiary/aromatic N) is 4. The predicted octanol–water partition coefficient (Wildman–Crippen LogP) is 2.45. The van der Waals surface area contributed by atoms with Crippen LogP contribution in [0, 0.1) is 0 Å². The lowest BCUT2D eigenvalue weighted by molar-refractivity contribution is -0.133. The molecule has 0 aliphatic carbocycles. The molecule has 2 aromatic rings. The zero-order chi connectivity index (χ0) is 22.1. The number of hydrogen-bond donors (Lipinski definition) is 0. The van der Waals surface area contributed by atoms with E-state index in [1.54, 1.807) is 13.3 Å². The van der Waals surface area contributed by atoms with E-state index in [2.05, 4.69) is 5.10 Å². The van der Waals surface area contributed by atoms with Gasteiger partial charge in [-0.1, -0.05) is 0 Å². The predicted molar refractivity (Wildman–Crippen MR) is 117 cm³/mol. The quantitative estimate of drug-likeness (QED) is 0.581. The van der Waals surface area contributed by atoms with Gasteiger partial charge in [0.2, 0.25) is 5.91 Å². The van der Waals surface area contributed by atoms with Crippen LogP contribution in [0.5, 0.6) is 5.75 Å². The van der Waals surface area contributed by atoms with Crippen molar-refractivity contribution in [2.24, 2.45) is 0 Å². The molecule has 1 saturated heterocycles. The lowest BCUT2D eigenvalue weighted by Crippen LogP contribution is -2.42. The molecule has 8 heteroatoms. The second kappa shape index (κ2) is 11.5. The van der Waals surface area contributed by atoms with Gasteiger partial charge in [0, 0.05) is 64.1 Å². The molecule has 0 bridgehead atoms. The summed E-state index contributed by atoms with van der Waals surface area (Å²) in [6, 6.07) is 9.21. The molecule has 0 N–H and O–H groups in total. The van der Waals surface area contributed by atoms with Crippen molar-refractivity contribution in [2.45, 2.75) is 38.8 Å². The number of likely N-dealkylation sites (tertiary alicyclic amines) is 1. The SMILES string of the molecule is CCN(CCn1cccn1)C(=O)c1ccc(OC2CCN(C(=O)CCOC)CC2)cc1. The van der Waals surface area contributed by atoms with E-state index in [0.29, 0.717) is 51.3 Å². The summed E-state index contributed by atoms with van der Waals surface area (Å²) in [5, 5.41) is 4.18. The Kier molecular flexibility index (Phi) is 8.46. The van der Waals surface area contributed by atoms with Crippen molar-refractivity contribution >= 4 is 11.8 Å². The summed E-state index contributed by atoms with van der Waals surface area (Å²) in [7, 11) is 1.60. The summed E-state index contributed by atoms with van der Waals surface area (Å²) in [5.41, 5.74) is 0.647. The molecule has 1 fully saturated rings. The smallest absolute Gasteiger partial charge is 0.253 e. The molecule has 0 spiro atoms. The van der Waals surface area contributed by atoms with Crippen LogP contribution in [0.1, 0.15) is 36.5 Å². The largest absolute Gasteiger partial charge is 0.490 e. The molecule has 0 saturated carbocycles. The normalized spacial score (nSPS) is 14.5. The van der Waals surface area contributed by atoms with Gasteiger partial charge in [0.1, 0.15) is 11.9 Å². The highest BCUT2D eigenvalue weighted by Crippen LogP contribution is 2.20. The Hall–Kier alpha value is -2.87. The molecular weight excluding hydrogens is 396 g/mol. The third-order valence-electron chi connectivity index (χ3n) is 5.55. The van der Waals surface area contributed by atoms with Crippen LogP contribution in [0.25, 0.3) is 0 Å². The van der Waals surface area contributed by atoms with Crippen molar-refractivity contribution in [3.63, 3.8) is 0 Å². The highest BCUT2D eigenvalue weighted by atomic mass is 16.5. The van der Waals surface area contributed by atoms with Gasteiger partial charge in [0.25, 0.3) is 5.91 Å². The monoisotopic (exact) mass is 428 g/mol. The molecule has 1 aliphatic rings. The summed E-state index contributed by atoms with van der Waals surface area (Å²) in [4.78, 5) is 28.6. The number of ether oxygens (including phenoxy) is 2. The second-order valence-corrected chi connectivity index (χ2v) is 7.62. The Bertz CT molecular complexity index is 815. The summed E-state index contributed by atoms with van der Waals surface area (Å²) in [6.07, 6.45) is 5.74. The van der Waals surface area contributed by atoms with Crippen LogP contribution in [0.3, 0.4) is 0 Å². The summed E-state index contributed by atoms with van der Waals surface area (Å²) in [5.74, 6) is 0.889. The number of rotatable bonds is 10. The van der Waals surface area contributed by atoms with Crippen LogP contribution in [0.4, 0.5) is 0 Å². The fourth-order valence-corrected chi connectivity index (χ4v) is 3.68. The minimum Gasteiger partial charge on any atom is -0.490 e. The zero-order valence-electron chi connectivity index (χ0n) is 18.4. The maximum absolute atomic E-state index is 12.8. The minimum atomic E-state index is 0.00378. The first kappa shape index (κ1) is 22.8. The van der Waals surface area contributed by atoms with Gasteiger partial charge in [-0.05, 0) is 37.3 Å². The Morgan fingerprint density at radius 2 is 1.94 bits per heavy atom. The zero-order valence-corrected chi connectivity index (χ0v) is 18.4. The molecule has 31 heavy (non-hydrogen) atoms. The molecular formula is C23H32N4O4. The molecule has 0 unspecified atom stereocenters. The van der Waals surface area contributed by atoms with Crippen LogP contribution in [-0.4, -0.2) is 77.4 Å². The van der Waals surface area contributed by atoms with E-state index in [1.807, 2.05) is 57.9 Å². The molecule has 1 aliphatic heterocycles. The molecule has 8 nitrogen and oxygen atoms in total. The maximum Gasteiger partial charge on any atom is 0.253 e. The number of piperidine rings is 1. The van der Waals surface area contributed by atoms with Crippen LogP contribution in [-0.2, 0) is 16.1 Å². The number of likely N-dealkylation sites (N-methyl/N-ethyl adjacent to an activating group) is 1. The molecule has 168 valence electrons. The fraction of sp³-hybridized carbons (Fsp3) is 0.522. The van der Waals surface area contributed by atoms with E-state index >= 15 is 0 Å². The number of benzene rings is 1. The number of carbonyl (C=O) groups is 2. The lowest BCUT2D eigenvalue weighted by atomic mass is 10.1. The lowest BCUT2D eigenvalue weighted by Gasteiger charge is -2.32. The number of amides is 2. The number of aromatic nitrogens is 2. The summed E-state index contributed by atoms with van der Waals surface area (Å²) in [6.45, 7) is 5.75.